The molecule has 0 saturated carbocycles. The van der Waals surface area contributed by atoms with Crippen LogP contribution in [0.5, 0.6) is 0 Å². The number of hydrogen-bond donors (Lipinski definition) is 2. The molecule has 19 heavy (non-hydrogen) atoms. The van der Waals surface area contributed by atoms with Crippen LogP contribution in [0.3, 0.4) is 0 Å². The molecule has 2 nitrogen and oxygen atoms in total. The zero-order chi connectivity index (χ0) is 14.0. The van der Waals surface area contributed by atoms with Gasteiger partial charge in [-0.3, -0.25) is 5.84 Å². The van der Waals surface area contributed by atoms with Crippen molar-refractivity contribution in [3.63, 3.8) is 0 Å². The molecule has 0 aliphatic heterocycles. The fourth-order valence-electron chi connectivity index (χ4n) is 1.82. The van der Waals surface area contributed by atoms with Crippen LogP contribution in [0.2, 0.25) is 15.1 Å². The molecule has 0 fully saturated rings. The summed E-state index contributed by atoms with van der Waals surface area (Å²) >= 11 is 21.8. The van der Waals surface area contributed by atoms with Gasteiger partial charge < -0.3 is 0 Å². The molecule has 6 heteroatoms. The lowest BCUT2D eigenvalue weighted by Crippen LogP contribution is -2.29. The number of nitrogens with two attached hydrogens (primary N) is 1. The smallest absolute Gasteiger partial charge is 0.0739 e. The Morgan fingerprint density at radius 2 is 1.68 bits per heavy atom. The van der Waals surface area contributed by atoms with Crippen LogP contribution in [0.1, 0.15) is 17.2 Å². The van der Waals surface area contributed by atoms with E-state index in [4.69, 9.17) is 40.6 Å². The van der Waals surface area contributed by atoms with Crippen molar-refractivity contribution in [2.24, 2.45) is 5.84 Å². The first kappa shape index (κ1) is 15.1. The van der Waals surface area contributed by atoms with E-state index in [9.17, 15) is 0 Å². The lowest BCUT2D eigenvalue weighted by molar-refractivity contribution is 0.637. The van der Waals surface area contributed by atoms with Crippen molar-refractivity contribution < 1.29 is 0 Å². The van der Waals surface area contributed by atoms with E-state index in [1.165, 1.54) is 0 Å². The highest BCUT2D eigenvalue weighted by Crippen LogP contribution is 2.34. The van der Waals surface area contributed by atoms with Crippen molar-refractivity contribution in [2.75, 3.05) is 0 Å². The molecule has 2 rings (SSSR count). The van der Waals surface area contributed by atoms with E-state index in [2.05, 4.69) is 21.4 Å². The van der Waals surface area contributed by atoms with Gasteiger partial charge in [-0.05, 0) is 41.5 Å². The second-order valence-corrected chi connectivity index (χ2v) is 6.10. The molecule has 0 saturated heterocycles. The molecule has 0 heterocycles. The highest BCUT2D eigenvalue weighted by Gasteiger charge is 2.18. The summed E-state index contributed by atoms with van der Waals surface area (Å²) < 4.78 is 0.897. The average Bonchev–Trinajstić information content (AvgIpc) is 2.36. The van der Waals surface area contributed by atoms with Crippen LogP contribution >= 0.6 is 50.7 Å². The van der Waals surface area contributed by atoms with Crippen LogP contribution in [0.4, 0.5) is 0 Å². The fourth-order valence-corrected chi connectivity index (χ4v) is 3.01. The van der Waals surface area contributed by atoms with Crippen LogP contribution < -0.4 is 11.3 Å². The summed E-state index contributed by atoms with van der Waals surface area (Å²) in [6.07, 6.45) is 0. The van der Waals surface area contributed by atoms with Gasteiger partial charge in [0.05, 0.1) is 6.04 Å². The first-order valence-corrected chi connectivity index (χ1v) is 7.31. The van der Waals surface area contributed by atoms with E-state index < -0.39 is 0 Å². The number of benzene rings is 2. The molecule has 100 valence electrons. The second kappa shape index (κ2) is 6.44. The normalized spacial score (nSPS) is 12.5. The first-order valence-electron chi connectivity index (χ1n) is 5.39. The van der Waals surface area contributed by atoms with Gasteiger partial charge in [-0.2, -0.15) is 0 Å². The maximum atomic E-state index is 6.24. The molecule has 2 aromatic carbocycles. The number of hydrogen-bond acceptors (Lipinski definition) is 2. The summed E-state index contributed by atoms with van der Waals surface area (Å²) in [5.74, 6) is 5.64. The van der Waals surface area contributed by atoms with Crippen molar-refractivity contribution in [3.8, 4) is 0 Å². The third-order valence-electron chi connectivity index (χ3n) is 2.71. The van der Waals surface area contributed by atoms with Crippen LogP contribution in [-0.2, 0) is 0 Å². The van der Waals surface area contributed by atoms with Crippen molar-refractivity contribution >= 4 is 50.7 Å². The van der Waals surface area contributed by atoms with Gasteiger partial charge in [-0.1, -0.05) is 56.8 Å². The van der Waals surface area contributed by atoms with Gasteiger partial charge in [0, 0.05) is 19.5 Å². The highest BCUT2D eigenvalue weighted by atomic mass is 79.9. The number of nitrogens with one attached hydrogen (secondary N) is 1. The van der Waals surface area contributed by atoms with E-state index >= 15 is 0 Å². The monoisotopic (exact) mass is 378 g/mol. The Balaban J connectivity index is 2.52. The lowest BCUT2D eigenvalue weighted by atomic mass is 9.99. The lowest BCUT2D eigenvalue weighted by Gasteiger charge is -2.20. The fraction of sp³-hybridized carbons (Fsp3) is 0.0769. The predicted octanol–water partition coefficient (Wildman–Crippen LogP) is 4.96. The topological polar surface area (TPSA) is 38.0 Å². The Labute approximate surface area is 134 Å². The Bertz CT molecular complexity index is 604. The third-order valence-corrected chi connectivity index (χ3v) is 4.11. The van der Waals surface area contributed by atoms with E-state index in [1.807, 2.05) is 12.1 Å². The minimum atomic E-state index is -0.327. The van der Waals surface area contributed by atoms with Crippen molar-refractivity contribution in [1.82, 2.24) is 5.43 Å². The van der Waals surface area contributed by atoms with Gasteiger partial charge in [-0.25, -0.2) is 5.43 Å². The van der Waals surface area contributed by atoms with E-state index in [1.54, 1.807) is 24.3 Å². The van der Waals surface area contributed by atoms with Gasteiger partial charge in [0.15, 0.2) is 0 Å². The van der Waals surface area contributed by atoms with Crippen LogP contribution in [0.15, 0.2) is 40.9 Å². The molecule has 0 radical (unpaired) electrons. The maximum Gasteiger partial charge on any atom is 0.0739 e. The highest BCUT2D eigenvalue weighted by molar-refractivity contribution is 9.10. The summed E-state index contributed by atoms with van der Waals surface area (Å²) in [5.41, 5.74) is 4.33. The molecule has 3 N–H and O–H groups in total. The minimum Gasteiger partial charge on any atom is -0.271 e. The molecule has 2 aromatic rings. The van der Waals surface area contributed by atoms with E-state index in [-0.39, 0.29) is 6.04 Å². The summed E-state index contributed by atoms with van der Waals surface area (Å²) in [7, 11) is 0. The largest absolute Gasteiger partial charge is 0.271 e. The standard InChI is InChI=1S/C13H10BrCl3N2/c14-7-1-3-9(12(17)5-7)13(19-18)10-6-8(15)2-4-11(10)16/h1-6,13,19H,18H2. The summed E-state index contributed by atoms with van der Waals surface area (Å²) in [6.45, 7) is 0. The van der Waals surface area contributed by atoms with Gasteiger partial charge in [0.2, 0.25) is 0 Å². The molecule has 0 amide bonds. The molecule has 1 unspecified atom stereocenters. The zero-order valence-electron chi connectivity index (χ0n) is 9.63. The molecule has 0 aliphatic carbocycles. The summed E-state index contributed by atoms with van der Waals surface area (Å²) in [6, 6.07) is 10.5. The van der Waals surface area contributed by atoms with Crippen LogP contribution in [-0.4, -0.2) is 0 Å². The molecule has 0 aromatic heterocycles. The van der Waals surface area contributed by atoms with Gasteiger partial charge in [0.25, 0.3) is 0 Å². The number of hydrazine groups is 1. The van der Waals surface area contributed by atoms with Crippen molar-refractivity contribution in [3.05, 3.63) is 67.1 Å². The molecule has 0 spiro atoms. The SMILES string of the molecule is NNC(c1ccc(Br)cc1Cl)c1cc(Cl)ccc1Cl. The minimum absolute atomic E-state index is 0.327. The van der Waals surface area contributed by atoms with E-state index in [0.29, 0.717) is 15.1 Å². The molecule has 0 bridgehead atoms. The maximum absolute atomic E-state index is 6.24. The quantitative estimate of drug-likeness (QED) is 0.583. The number of halogens is 4. The Morgan fingerprint density at radius 3 is 2.32 bits per heavy atom. The molecule has 0 aliphatic rings. The van der Waals surface area contributed by atoms with Gasteiger partial charge >= 0.3 is 0 Å². The summed E-state index contributed by atoms with van der Waals surface area (Å²) in [4.78, 5) is 0. The predicted molar refractivity (Wildman–Crippen MR) is 84.8 cm³/mol. The zero-order valence-corrected chi connectivity index (χ0v) is 13.5. The Hall–Kier alpha value is -0.290. The van der Waals surface area contributed by atoms with Gasteiger partial charge in [0.1, 0.15) is 0 Å². The Morgan fingerprint density at radius 1 is 0.947 bits per heavy atom. The van der Waals surface area contributed by atoms with E-state index in [0.717, 1.165) is 15.6 Å². The van der Waals surface area contributed by atoms with Crippen LogP contribution in [0.25, 0.3) is 0 Å². The van der Waals surface area contributed by atoms with Crippen molar-refractivity contribution in [2.45, 2.75) is 6.04 Å². The molecule has 1 atom stereocenters. The molecular formula is C13H10BrCl3N2. The van der Waals surface area contributed by atoms with Crippen molar-refractivity contribution in [1.29, 1.82) is 0 Å². The number of rotatable bonds is 3. The molecular weight excluding hydrogens is 370 g/mol. The average molecular weight is 380 g/mol. The van der Waals surface area contributed by atoms with Crippen LogP contribution in [0, 0.1) is 0 Å². The summed E-state index contributed by atoms with van der Waals surface area (Å²) in [5, 5.41) is 1.76. The Kier molecular flexibility index (Phi) is 5.12. The first-order chi connectivity index (χ1) is 9.02. The third kappa shape index (κ3) is 3.43. The second-order valence-electron chi connectivity index (χ2n) is 3.93. The van der Waals surface area contributed by atoms with Gasteiger partial charge in [-0.15, -0.1) is 0 Å².